The van der Waals surface area contributed by atoms with E-state index in [1.165, 1.54) is 18.2 Å². The van der Waals surface area contributed by atoms with Gasteiger partial charge in [-0.3, -0.25) is 0 Å². The fourth-order valence-electron chi connectivity index (χ4n) is 2.23. The molecule has 88 valence electrons. The number of nitrogens with zero attached hydrogens (tertiary/aromatic N) is 1. The molecule has 1 aliphatic heterocycles. The lowest BCUT2D eigenvalue weighted by atomic mass is 9.97. The molecule has 0 fully saturated rings. The second-order valence-corrected chi connectivity index (χ2v) is 4.11. The Labute approximate surface area is 97.5 Å². The number of fused-ring (bicyclic) bond motifs is 1. The van der Waals surface area contributed by atoms with E-state index in [-0.39, 0.29) is 17.6 Å². The van der Waals surface area contributed by atoms with Crippen molar-refractivity contribution in [2.45, 2.75) is 12.5 Å². The maximum absolute atomic E-state index is 13.2. The van der Waals surface area contributed by atoms with Crippen molar-refractivity contribution < 1.29 is 9.50 Å². The Morgan fingerprint density at radius 1 is 1.41 bits per heavy atom. The van der Waals surface area contributed by atoms with E-state index >= 15 is 0 Å². The molecular formula is C12H12FN3O. The highest BCUT2D eigenvalue weighted by Gasteiger charge is 2.26. The summed E-state index contributed by atoms with van der Waals surface area (Å²) in [5.74, 6) is -0.276. The van der Waals surface area contributed by atoms with Crippen molar-refractivity contribution in [2.24, 2.45) is 0 Å². The molecule has 0 radical (unpaired) electrons. The lowest BCUT2D eigenvalue weighted by Gasteiger charge is -2.24. The average molecular weight is 233 g/mol. The molecule has 3 N–H and O–H groups in total. The van der Waals surface area contributed by atoms with Crippen molar-refractivity contribution in [1.82, 2.24) is 15.3 Å². The number of rotatable bonds is 1. The first-order valence-corrected chi connectivity index (χ1v) is 5.49. The number of phenolic OH excluding ortho intramolecular Hbond substituents is 1. The van der Waals surface area contributed by atoms with Crippen LogP contribution >= 0.6 is 0 Å². The van der Waals surface area contributed by atoms with Gasteiger partial charge in [0, 0.05) is 24.2 Å². The van der Waals surface area contributed by atoms with E-state index in [1.54, 1.807) is 6.33 Å². The second-order valence-electron chi connectivity index (χ2n) is 4.11. The van der Waals surface area contributed by atoms with Crippen molar-refractivity contribution in [1.29, 1.82) is 0 Å². The van der Waals surface area contributed by atoms with Crippen LogP contribution in [0.25, 0.3) is 0 Å². The molecule has 3 rings (SSSR count). The van der Waals surface area contributed by atoms with Crippen LogP contribution in [-0.4, -0.2) is 21.6 Å². The third kappa shape index (κ3) is 1.68. The molecule has 1 aliphatic rings. The van der Waals surface area contributed by atoms with Crippen molar-refractivity contribution in [3.63, 3.8) is 0 Å². The molecule has 1 aromatic carbocycles. The topological polar surface area (TPSA) is 60.9 Å². The molecular weight excluding hydrogens is 221 g/mol. The van der Waals surface area contributed by atoms with Gasteiger partial charge in [0.25, 0.3) is 0 Å². The molecule has 2 heterocycles. The van der Waals surface area contributed by atoms with Crippen LogP contribution in [-0.2, 0) is 6.42 Å². The monoisotopic (exact) mass is 233 g/mol. The maximum atomic E-state index is 13.2. The van der Waals surface area contributed by atoms with Crippen LogP contribution in [0.4, 0.5) is 4.39 Å². The Hall–Kier alpha value is -1.88. The SMILES string of the molecule is Oc1ccc(F)cc1C1NCCc2[nH]cnc21. The number of phenols is 1. The molecule has 1 aromatic heterocycles. The molecule has 2 aromatic rings. The molecule has 0 amide bonds. The molecule has 1 atom stereocenters. The van der Waals surface area contributed by atoms with Gasteiger partial charge in [-0.25, -0.2) is 9.37 Å². The van der Waals surface area contributed by atoms with Crippen LogP contribution in [0.15, 0.2) is 24.5 Å². The fraction of sp³-hybridized carbons (Fsp3) is 0.250. The highest BCUT2D eigenvalue weighted by molar-refractivity contribution is 5.41. The molecule has 1 unspecified atom stereocenters. The number of hydrogen-bond acceptors (Lipinski definition) is 3. The van der Waals surface area contributed by atoms with Gasteiger partial charge in [0.2, 0.25) is 0 Å². The molecule has 0 saturated carbocycles. The van der Waals surface area contributed by atoms with Gasteiger partial charge in [-0.1, -0.05) is 0 Å². The van der Waals surface area contributed by atoms with Crippen molar-refractivity contribution in [3.8, 4) is 5.75 Å². The first-order valence-electron chi connectivity index (χ1n) is 5.49. The zero-order chi connectivity index (χ0) is 11.8. The highest BCUT2D eigenvalue weighted by Crippen LogP contribution is 2.32. The van der Waals surface area contributed by atoms with E-state index < -0.39 is 0 Å². The molecule has 17 heavy (non-hydrogen) atoms. The van der Waals surface area contributed by atoms with Crippen LogP contribution in [0.5, 0.6) is 5.75 Å². The molecule has 0 spiro atoms. The van der Waals surface area contributed by atoms with Gasteiger partial charge in [-0.05, 0) is 18.2 Å². The van der Waals surface area contributed by atoms with Crippen molar-refractivity contribution in [2.75, 3.05) is 6.54 Å². The predicted octanol–water partition coefficient (Wildman–Crippen LogP) is 1.49. The van der Waals surface area contributed by atoms with Gasteiger partial charge in [0.15, 0.2) is 0 Å². The quantitative estimate of drug-likeness (QED) is 0.699. The Morgan fingerprint density at radius 2 is 2.29 bits per heavy atom. The summed E-state index contributed by atoms with van der Waals surface area (Å²) in [6.45, 7) is 0.774. The lowest BCUT2D eigenvalue weighted by molar-refractivity contribution is 0.448. The van der Waals surface area contributed by atoms with E-state index in [9.17, 15) is 9.50 Å². The van der Waals surface area contributed by atoms with Gasteiger partial charge < -0.3 is 15.4 Å². The van der Waals surface area contributed by atoms with E-state index in [1.807, 2.05) is 0 Å². The number of hydrogen-bond donors (Lipinski definition) is 3. The standard InChI is InChI=1S/C12H12FN3O/c13-7-1-2-10(17)8(5-7)11-12-9(3-4-14-11)15-6-16-12/h1-2,5-6,11,14,17H,3-4H2,(H,15,16). The normalized spacial score (nSPS) is 19.0. The predicted molar refractivity (Wildman–Crippen MR) is 60.2 cm³/mol. The third-order valence-electron chi connectivity index (χ3n) is 3.05. The molecule has 0 bridgehead atoms. The number of nitrogens with one attached hydrogen (secondary N) is 2. The smallest absolute Gasteiger partial charge is 0.123 e. The minimum atomic E-state index is -0.359. The number of aromatic hydroxyl groups is 1. The molecule has 0 aliphatic carbocycles. The number of aromatic nitrogens is 2. The van der Waals surface area contributed by atoms with Crippen LogP contribution in [0, 0.1) is 5.82 Å². The Kier molecular flexibility index (Phi) is 2.33. The summed E-state index contributed by atoms with van der Waals surface area (Å²) in [5.41, 5.74) is 2.40. The zero-order valence-corrected chi connectivity index (χ0v) is 9.07. The highest BCUT2D eigenvalue weighted by atomic mass is 19.1. The van der Waals surface area contributed by atoms with Gasteiger partial charge in [0.1, 0.15) is 11.6 Å². The minimum absolute atomic E-state index is 0.0831. The van der Waals surface area contributed by atoms with E-state index in [2.05, 4.69) is 15.3 Å². The molecule has 5 heteroatoms. The number of aromatic amines is 1. The first-order chi connectivity index (χ1) is 8.25. The average Bonchev–Trinajstić information content (AvgIpc) is 2.80. The molecule has 0 saturated heterocycles. The maximum Gasteiger partial charge on any atom is 0.123 e. The van der Waals surface area contributed by atoms with Gasteiger partial charge in [-0.15, -0.1) is 0 Å². The van der Waals surface area contributed by atoms with E-state index in [0.717, 1.165) is 24.4 Å². The Balaban J connectivity index is 2.09. The summed E-state index contributed by atoms with van der Waals surface area (Å²) in [5, 5.41) is 13.0. The largest absolute Gasteiger partial charge is 0.508 e. The minimum Gasteiger partial charge on any atom is -0.508 e. The van der Waals surface area contributed by atoms with Gasteiger partial charge in [0.05, 0.1) is 18.1 Å². The van der Waals surface area contributed by atoms with Crippen LogP contribution in [0.3, 0.4) is 0 Å². The van der Waals surface area contributed by atoms with Crippen LogP contribution in [0.2, 0.25) is 0 Å². The second kappa shape index (κ2) is 3.85. The van der Waals surface area contributed by atoms with Crippen molar-refractivity contribution in [3.05, 3.63) is 47.3 Å². The van der Waals surface area contributed by atoms with E-state index in [4.69, 9.17) is 0 Å². The summed E-state index contributed by atoms with van der Waals surface area (Å²) in [4.78, 5) is 7.30. The Morgan fingerprint density at radius 3 is 3.18 bits per heavy atom. The number of halogens is 1. The summed E-state index contributed by atoms with van der Waals surface area (Å²) in [6.07, 6.45) is 2.49. The zero-order valence-electron chi connectivity index (χ0n) is 9.07. The van der Waals surface area contributed by atoms with Gasteiger partial charge >= 0.3 is 0 Å². The number of H-pyrrole nitrogens is 1. The summed E-state index contributed by atoms with van der Waals surface area (Å²) >= 11 is 0. The van der Waals surface area contributed by atoms with Crippen LogP contribution < -0.4 is 5.32 Å². The van der Waals surface area contributed by atoms with Crippen molar-refractivity contribution >= 4 is 0 Å². The molecule has 4 nitrogen and oxygen atoms in total. The summed E-state index contributed by atoms with van der Waals surface area (Å²) < 4.78 is 13.2. The number of imidazole rings is 1. The third-order valence-corrected chi connectivity index (χ3v) is 3.05. The van der Waals surface area contributed by atoms with Crippen LogP contribution in [0.1, 0.15) is 23.0 Å². The van der Waals surface area contributed by atoms with E-state index in [0.29, 0.717) is 5.56 Å². The first kappa shape index (κ1) is 10.3. The van der Waals surface area contributed by atoms with Gasteiger partial charge in [-0.2, -0.15) is 0 Å². The fourth-order valence-corrected chi connectivity index (χ4v) is 2.23. The lowest BCUT2D eigenvalue weighted by Crippen LogP contribution is -2.30. The summed E-state index contributed by atoms with van der Waals surface area (Å²) in [7, 11) is 0. The number of benzene rings is 1. The summed E-state index contributed by atoms with van der Waals surface area (Å²) in [6, 6.07) is 3.71. The Bertz CT molecular complexity index is 552.